The maximum atomic E-state index is 13.8. The number of carbonyl (C=O) groups is 1. The number of rotatable bonds is 1. The van der Waals surface area contributed by atoms with Crippen molar-refractivity contribution in [2.75, 3.05) is 13.1 Å². The number of aryl methyl sites for hydroxylation is 1. The van der Waals surface area contributed by atoms with E-state index in [4.69, 9.17) is 21.6 Å². The van der Waals surface area contributed by atoms with Crippen LogP contribution in [-0.2, 0) is 11.8 Å². The maximum absolute atomic E-state index is 13.8. The Morgan fingerprint density at radius 3 is 2.53 bits per heavy atom. The molecule has 0 saturated carbocycles. The maximum Gasteiger partial charge on any atom is 0.410 e. The van der Waals surface area contributed by atoms with Gasteiger partial charge in [0, 0.05) is 37.3 Å². The lowest BCUT2D eigenvalue weighted by atomic mass is 10.0. The molecule has 0 aliphatic carbocycles. The predicted octanol–water partition coefficient (Wildman–Crippen LogP) is 5.92. The van der Waals surface area contributed by atoms with Gasteiger partial charge >= 0.3 is 6.09 Å². The van der Waals surface area contributed by atoms with E-state index in [0.717, 1.165) is 36.8 Å². The van der Waals surface area contributed by atoms with E-state index in [-0.39, 0.29) is 17.3 Å². The summed E-state index contributed by atoms with van der Waals surface area (Å²) in [4.78, 5) is 17.3. The zero-order chi connectivity index (χ0) is 23.5. The van der Waals surface area contributed by atoms with Crippen LogP contribution >= 0.6 is 11.6 Å². The second-order valence-corrected chi connectivity index (χ2v) is 8.99. The molecule has 1 aromatic carbocycles. The number of amides is 1. The number of nitriles is 1. The van der Waals surface area contributed by atoms with Gasteiger partial charge in [0.1, 0.15) is 22.6 Å². The Hall–Kier alpha value is -3.11. The van der Waals surface area contributed by atoms with Crippen LogP contribution < -0.4 is 0 Å². The number of carbonyl (C=O) groups excluding carboxylic acids is 1. The number of ether oxygens (including phenoxy) is 1. The quantitative estimate of drug-likeness (QED) is 0.426. The van der Waals surface area contributed by atoms with Gasteiger partial charge in [-0.15, -0.1) is 0 Å². The molecule has 3 aromatic rings. The van der Waals surface area contributed by atoms with Crippen LogP contribution in [0.2, 0.25) is 5.15 Å². The molecule has 1 aliphatic rings. The highest BCUT2D eigenvalue weighted by Crippen LogP contribution is 2.34. The molecule has 168 valence electrons. The molecule has 0 spiro atoms. The molecule has 3 heterocycles. The van der Waals surface area contributed by atoms with E-state index in [0.29, 0.717) is 16.3 Å². The Labute approximate surface area is 192 Å². The van der Waals surface area contributed by atoms with Crippen LogP contribution in [-0.4, -0.2) is 39.2 Å². The van der Waals surface area contributed by atoms with Gasteiger partial charge in [0.15, 0.2) is 0 Å². The van der Waals surface area contributed by atoms with E-state index in [9.17, 15) is 9.18 Å². The second-order valence-electron chi connectivity index (χ2n) is 8.63. The fraction of sp³-hybridized carbons (Fsp3) is 0.375. The van der Waals surface area contributed by atoms with Crippen molar-refractivity contribution in [2.45, 2.75) is 39.2 Å². The van der Waals surface area contributed by atoms with Gasteiger partial charge in [-0.2, -0.15) is 5.26 Å². The third-order valence-corrected chi connectivity index (χ3v) is 5.32. The Balaban J connectivity index is 0.000000207. The lowest BCUT2D eigenvalue weighted by molar-refractivity contribution is 0.0295. The predicted molar refractivity (Wildman–Crippen MR) is 123 cm³/mol. The summed E-state index contributed by atoms with van der Waals surface area (Å²) in [7, 11) is 1.90. The molecule has 2 aromatic heterocycles. The standard InChI is InChI=1S/C15H9ClFN3.C9H17NO2/c1-20-5-4-11-13(20)8-19-15(16)14(11)9-2-3-10(7-18)12(17)6-9;1-9(2,3)12-8(11)10-6-4-5-7-10/h2-6,8H,1H3;4-7H2,1-3H3. The van der Waals surface area contributed by atoms with E-state index < -0.39 is 5.82 Å². The summed E-state index contributed by atoms with van der Waals surface area (Å²) in [5.41, 5.74) is 1.84. The summed E-state index contributed by atoms with van der Waals surface area (Å²) in [6.07, 6.45) is 5.63. The minimum Gasteiger partial charge on any atom is -0.444 e. The minimum atomic E-state index is -0.561. The lowest BCUT2D eigenvalue weighted by Gasteiger charge is -2.23. The van der Waals surface area contributed by atoms with Crippen molar-refractivity contribution in [1.82, 2.24) is 14.5 Å². The van der Waals surface area contributed by atoms with Gasteiger partial charge in [-0.05, 0) is 57.4 Å². The summed E-state index contributed by atoms with van der Waals surface area (Å²) >= 11 is 6.17. The lowest BCUT2D eigenvalue weighted by Crippen LogP contribution is -2.34. The molecular formula is C24H26ClFN4O2. The van der Waals surface area contributed by atoms with Gasteiger partial charge in [0.05, 0.1) is 17.3 Å². The monoisotopic (exact) mass is 456 g/mol. The Bertz CT molecular complexity index is 1170. The van der Waals surface area contributed by atoms with Crippen LogP contribution in [0, 0.1) is 17.1 Å². The van der Waals surface area contributed by atoms with E-state index in [1.54, 1.807) is 23.2 Å². The first-order valence-electron chi connectivity index (χ1n) is 10.4. The van der Waals surface area contributed by atoms with Crippen molar-refractivity contribution in [3.8, 4) is 17.2 Å². The summed E-state index contributed by atoms with van der Waals surface area (Å²) in [5.74, 6) is -0.561. The first kappa shape index (κ1) is 23.6. The number of pyridine rings is 1. The SMILES string of the molecule is CC(C)(C)OC(=O)N1CCCC1.Cn1ccc2c(-c3ccc(C#N)c(F)c3)c(Cl)ncc21. The van der Waals surface area contributed by atoms with Crippen LogP contribution in [0.4, 0.5) is 9.18 Å². The molecule has 1 fully saturated rings. The van der Waals surface area contributed by atoms with E-state index in [1.165, 1.54) is 12.1 Å². The number of benzene rings is 1. The molecule has 8 heteroatoms. The fourth-order valence-electron chi connectivity index (χ4n) is 3.47. The molecular weight excluding hydrogens is 431 g/mol. The minimum absolute atomic E-state index is 0.0121. The van der Waals surface area contributed by atoms with Crippen molar-refractivity contribution in [3.63, 3.8) is 0 Å². The topological polar surface area (TPSA) is 71.2 Å². The van der Waals surface area contributed by atoms with E-state index >= 15 is 0 Å². The molecule has 0 unspecified atom stereocenters. The molecule has 0 atom stereocenters. The van der Waals surface area contributed by atoms with Crippen molar-refractivity contribution in [1.29, 1.82) is 5.26 Å². The molecule has 4 rings (SSSR count). The summed E-state index contributed by atoms with van der Waals surface area (Å²) in [6.45, 7) is 7.38. The molecule has 1 aliphatic heterocycles. The van der Waals surface area contributed by atoms with Crippen molar-refractivity contribution < 1.29 is 13.9 Å². The molecule has 6 nitrogen and oxygen atoms in total. The summed E-state index contributed by atoms with van der Waals surface area (Å²) < 4.78 is 20.9. The molecule has 1 saturated heterocycles. The third-order valence-electron chi connectivity index (χ3n) is 5.03. The number of hydrogen-bond acceptors (Lipinski definition) is 4. The van der Waals surface area contributed by atoms with Gasteiger partial charge in [-0.3, -0.25) is 0 Å². The van der Waals surface area contributed by atoms with E-state index in [1.807, 2.05) is 44.6 Å². The normalized spacial score (nSPS) is 13.5. The fourth-order valence-corrected chi connectivity index (χ4v) is 3.73. The molecule has 0 bridgehead atoms. The Morgan fingerprint density at radius 2 is 1.94 bits per heavy atom. The first-order chi connectivity index (χ1) is 15.1. The average Bonchev–Trinajstić information content (AvgIpc) is 3.38. The summed E-state index contributed by atoms with van der Waals surface area (Å²) in [5, 5.41) is 9.99. The zero-order valence-electron chi connectivity index (χ0n) is 18.7. The smallest absolute Gasteiger partial charge is 0.410 e. The third kappa shape index (κ3) is 5.38. The van der Waals surface area contributed by atoms with E-state index in [2.05, 4.69) is 4.98 Å². The van der Waals surface area contributed by atoms with Crippen LogP contribution in [0.3, 0.4) is 0 Å². The first-order valence-corrected chi connectivity index (χ1v) is 10.8. The second kappa shape index (κ2) is 9.58. The van der Waals surface area contributed by atoms with Gasteiger partial charge in [0.25, 0.3) is 0 Å². The molecule has 1 amide bonds. The molecule has 0 N–H and O–H groups in total. The van der Waals surface area contributed by atoms with Crippen LogP contribution in [0.5, 0.6) is 0 Å². The highest BCUT2D eigenvalue weighted by molar-refractivity contribution is 6.33. The van der Waals surface area contributed by atoms with Crippen molar-refractivity contribution in [3.05, 3.63) is 53.2 Å². The number of nitrogens with zero attached hydrogens (tertiary/aromatic N) is 4. The van der Waals surface area contributed by atoms with Gasteiger partial charge in [0.2, 0.25) is 0 Å². The zero-order valence-corrected chi connectivity index (χ0v) is 19.4. The highest BCUT2D eigenvalue weighted by Gasteiger charge is 2.24. The number of hydrogen-bond donors (Lipinski definition) is 0. The largest absolute Gasteiger partial charge is 0.444 e. The Kier molecular flexibility index (Phi) is 7.05. The van der Waals surface area contributed by atoms with Crippen molar-refractivity contribution in [2.24, 2.45) is 7.05 Å². The summed E-state index contributed by atoms with van der Waals surface area (Å²) in [6, 6.07) is 8.15. The van der Waals surface area contributed by atoms with Crippen LogP contribution in [0.1, 0.15) is 39.2 Å². The van der Waals surface area contributed by atoms with Gasteiger partial charge in [-0.1, -0.05) is 17.7 Å². The van der Waals surface area contributed by atoms with Gasteiger partial charge in [-0.25, -0.2) is 14.2 Å². The van der Waals surface area contributed by atoms with Crippen LogP contribution in [0.25, 0.3) is 22.0 Å². The van der Waals surface area contributed by atoms with Crippen LogP contribution in [0.15, 0.2) is 36.7 Å². The molecule has 32 heavy (non-hydrogen) atoms. The van der Waals surface area contributed by atoms with Crippen molar-refractivity contribution >= 4 is 28.6 Å². The average molecular weight is 457 g/mol. The number of aromatic nitrogens is 2. The Morgan fingerprint density at radius 1 is 1.25 bits per heavy atom. The van der Waals surface area contributed by atoms with Gasteiger partial charge < -0.3 is 14.2 Å². The number of halogens is 2. The highest BCUT2D eigenvalue weighted by atomic mass is 35.5. The number of likely N-dealkylation sites (tertiary alicyclic amines) is 1. The number of fused-ring (bicyclic) bond motifs is 1. The molecule has 0 radical (unpaired) electrons.